The van der Waals surface area contributed by atoms with Crippen molar-refractivity contribution in [2.75, 3.05) is 57.5 Å². The molecular weight excluding hydrogens is 915 g/mol. The second-order valence-electron chi connectivity index (χ2n) is 17.7. The van der Waals surface area contributed by atoms with Gasteiger partial charge in [0.25, 0.3) is 11.1 Å². The lowest BCUT2D eigenvalue weighted by Gasteiger charge is -2.27. The number of rotatable bonds is 20. The number of nitrogens with one attached hydrogen (secondary N) is 4. The van der Waals surface area contributed by atoms with Crippen LogP contribution in [0.4, 0.5) is 17.1 Å². The third kappa shape index (κ3) is 11.9. The zero-order valence-corrected chi connectivity index (χ0v) is 41.2. The minimum Gasteiger partial charge on any atom is -0.378 e. The van der Waals surface area contributed by atoms with E-state index >= 15 is 0 Å². The van der Waals surface area contributed by atoms with Crippen LogP contribution >= 0.6 is 11.8 Å². The molecule has 3 atom stereocenters. The van der Waals surface area contributed by atoms with Gasteiger partial charge in [0.1, 0.15) is 18.1 Å². The van der Waals surface area contributed by atoms with Crippen LogP contribution in [-0.2, 0) is 39.7 Å². The van der Waals surface area contributed by atoms with Crippen LogP contribution in [0.5, 0.6) is 0 Å². The molecule has 5 amide bonds. The van der Waals surface area contributed by atoms with Gasteiger partial charge in [-0.1, -0.05) is 13.8 Å². The van der Waals surface area contributed by atoms with Gasteiger partial charge >= 0.3 is 0 Å². The Labute approximate surface area is 399 Å². The van der Waals surface area contributed by atoms with Crippen LogP contribution in [-0.4, -0.2) is 127 Å². The number of hydrogen-bond acceptors (Lipinski definition) is 13. The van der Waals surface area contributed by atoms with Crippen LogP contribution in [0.25, 0.3) is 0 Å². The lowest BCUT2D eigenvalue weighted by atomic mass is 10.0. The Balaban J connectivity index is 0.955. The lowest BCUT2D eigenvalue weighted by Crippen LogP contribution is -2.55. The molecule has 2 aromatic carbocycles. The van der Waals surface area contributed by atoms with E-state index in [4.69, 9.17) is 0 Å². The number of anilines is 1. The molecule has 2 aromatic heterocycles. The van der Waals surface area contributed by atoms with E-state index in [0.717, 1.165) is 15.9 Å². The average molecular weight is 976 g/mol. The summed E-state index contributed by atoms with van der Waals surface area (Å²) < 4.78 is 31.4. The summed E-state index contributed by atoms with van der Waals surface area (Å²) in [4.78, 5) is 97.1. The van der Waals surface area contributed by atoms with Crippen LogP contribution in [0.1, 0.15) is 68.5 Å². The van der Waals surface area contributed by atoms with Gasteiger partial charge in [0.2, 0.25) is 39.6 Å². The molecular formula is C46H61N11O9S2. The first-order valence-corrected chi connectivity index (χ1v) is 25.3. The number of aryl methyl sites for hydroxylation is 1. The molecule has 0 radical (unpaired) electrons. The first kappa shape index (κ1) is 51.3. The summed E-state index contributed by atoms with van der Waals surface area (Å²) in [6, 6.07) is 10.4. The molecule has 4 heterocycles. The minimum atomic E-state index is -4.11. The Kier molecular flexibility index (Phi) is 16.8. The molecule has 366 valence electrons. The Morgan fingerprint density at radius 3 is 1.91 bits per heavy atom. The quantitative estimate of drug-likeness (QED) is 0.0741. The number of sulfonamides is 1. The van der Waals surface area contributed by atoms with Gasteiger partial charge in [-0.05, 0) is 107 Å². The number of benzene rings is 2. The molecule has 2 aliphatic heterocycles. The SMILES string of the molecule is Cc1c(C)n2c(CSCCNC(=O)[C@@H]3CCCN3C(=O)CNC(=O)[C@H](CC(C)C)NC(=O)[C@@H]3CCCN3C(=O)CNS(=O)(=O)c3ccc(N=Nc4ccc(N(C)C)cc4)cc3)c(C)c(=O)n2c1=O. The van der Waals surface area contributed by atoms with Crippen LogP contribution in [0.3, 0.4) is 0 Å². The summed E-state index contributed by atoms with van der Waals surface area (Å²) in [7, 11) is -0.253. The highest BCUT2D eigenvalue weighted by atomic mass is 32.2. The third-order valence-corrected chi connectivity index (χ3v) is 14.7. The highest BCUT2D eigenvalue weighted by molar-refractivity contribution is 7.98. The minimum absolute atomic E-state index is 0.0365. The van der Waals surface area contributed by atoms with Gasteiger partial charge in [0, 0.05) is 67.7 Å². The molecule has 6 rings (SSSR count). The fourth-order valence-electron chi connectivity index (χ4n) is 8.36. The van der Waals surface area contributed by atoms with Crippen molar-refractivity contribution in [3.8, 4) is 0 Å². The van der Waals surface area contributed by atoms with Gasteiger partial charge in [-0.25, -0.2) is 13.1 Å². The first-order chi connectivity index (χ1) is 32.3. The predicted molar refractivity (Wildman–Crippen MR) is 258 cm³/mol. The summed E-state index contributed by atoms with van der Waals surface area (Å²) in [6.45, 7) is 8.81. The summed E-state index contributed by atoms with van der Waals surface area (Å²) >= 11 is 1.50. The van der Waals surface area contributed by atoms with Crippen molar-refractivity contribution in [3.63, 3.8) is 0 Å². The molecule has 0 saturated carbocycles. The van der Waals surface area contributed by atoms with Crippen LogP contribution in [0.15, 0.2) is 73.2 Å². The fraction of sp³-hybridized carbons (Fsp3) is 0.500. The van der Waals surface area contributed by atoms with Crippen molar-refractivity contribution in [1.82, 2.24) is 39.5 Å². The summed E-state index contributed by atoms with van der Waals surface area (Å²) in [5.74, 6) is -1.60. The average Bonchev–Trinajstić information content (AvgIpc) is 4.11. The number of thioether (sulfide) groups is 1. The first-order valence-electron chi connectivity index (χ1n) is 22.7. The van der Waals surface area contributed by atoms with Crippen molar-refractivity contribution < 1.29 is 32.4 Å². The number of azo groups is 1. The Hall–Kier alpha value is -6.13. The number of aromatic nitrogens is 2. The number of carbonyl (C=O) groups is 5. The zero-order chi connectivity index (χ0) is 49.4. The Bertz CT molecular complexity index is 2760. The van der Waals surface area contributed by atoms with E-state index in [1.165, 1.54) is 45.8 Å². The van der Waals surface area contributed by atoms with Gasteiger partial charge in [-0.15, -0.1) is 0 Å². The number of fused-ring (bicyclic) bond motifs is 1. The van der Waals surface area contributed by atoms with Crippen molar-refractivity contribution >= 4 is 68.4 Å². The second kappa shape index (κ2) is 22.3. The fourth-order valence-corrected chi connectivity index (χ4v) is 10.3. The number of amides is 5. The van der Waals surface area contributed by atoms with E-state index in [2.05, 4.69) is 30.9 Å². The van der Waals surface area contributed by atoms with Crippen molar-refractivity contribution in [2.24, 2.45) is 16.1 Å². The molecule has 2 fully saturated rings. The smallest absolute Gasteiger partial charge is 0.277 e. The molecule has 0 spiro atoms. The molecule has 0 unspecified atom stereocenters. The van der Waals surface area contributed by atoms with E-state index in [-0.39, 0.29) is 40.8 Å². The summed E-state index contributed by atoms with van der Waals surface area (Å²) in [5, 5.41) is 16.7. The number of nitrogens with zero attached hydrogens (tertiary/aromatic N) is 7. The van der Waals surface area contributed by atoms with E-state index in [0.29, 0.717) is 78.5 Å². The van der Waals surface area contributed by atoms with Crippen LogP contribution in [0.2, 0.25) is 0 Å². The Morgan fingerprint density at radius 1 is 0.765 bits per heavy atom. The molecule has 0 aliphatic carbocycles. The topological polar surface area (TPSA) is 245 Å². The van der Waals surface area contributed by atoms with Crippen molar-refractivity contribution in [1.29, 1.82) is 0 Å². The molecule has 2 saturated heterocycles. The number of likely N-dealkylation sites (tertiary alicyclic amines) is 2. The lowest BCUT2D eigenvalue weighted by molar-refractivity contribution is -0.140. The third-order valence-electron chi connectivity index (χ3n) is 12.3. The van der Waals surface area contributed by atoms with Gasteiger partial charge in [0.05, 0.1) is 35.1 Å². The Morgan fingerprint density at radius 2 is 1.32 bits per heavy atom. The van der Waals surface area contributed by atoms with E-state index in [1.807, 2.05) is 57.1 Å². The molecule has 0 bridgehead atoms. The van der Waals surface area contributed by atoms with E-state index in [1.54, 1.807) is 25.3 Å². The van der Waals surface area contributed by atoms with Gasteiger partial charge < -0.3 is 30.7 Å². The largest absolute Gasteiger partial charge is 0.378 e. The monoisotopic (exact) mass is 975 g/mol. The highest BCUT2D eigenvalue weighted by Crippen LogP contribution is 2.24. The van der Waals surface area contributed by atoms with Gasteiger partial charge in [-0.2, -0.15) is 26.5 Å². The molecule has 2 aliphatic rings. The predicted octanol–water partition coefficient (Wildman–Crippen LogP) is 2.56. The maximum atomic E-state index is 13.7. The van der Waals surface area contributed by atoms with Gasteiger partial charge in [-0.3, -0.25) is 38.1 Å². The summed E-state index contributed by atoms with van der Waals surface area (Å²) in [5.41, 5.74) is 3.85. The number of hydrogen-bond donors (Lipinski definition) is 4. The standard InChI is InChI=1S/C46H61N11O9S2/c1-28(2)24-36(42(60)48-25-40(58)54-21-8-10-37(54)43(61)47-20-23-67-27-39-30(4)46(64)57-45(63)29(3)31(5)56(39)57)50-44(62)38-11-9-22-55(38)41(59)26-49-68(65,66)35-18-14-33(15-19-35)52-51-32-12-16-34(17-13-32)53(6)7/h12-19,28,36-38,49H,8-11,20-27H2,1-7H3,(H,47,61)(H,48,60)(H,50,62)/t36-,37-,38-/m0/s1. The van der Waals surface area contributed by atoms with Crippen LogP contribution < -0.4 is 36.7 Å². The van der Waals surface area contributed by atoms with E-state index in [9.17, 15) is 42.0 Å². The summed E-state index contributed by atoms with van der Waals surface area (Å²) in [6.07, 6.45) is 2.09. The second-order valence-corrected chi connectivity index (χ2v) is 20.6. The van der Waals surface area contributed by atoms with E-state index < -0.39 is 64.9 Å². The van der Waals surface area contributed by atoms with Gasteiger partial charge in [0.15, 0.2) is 0 Å². The molecule has 4 aromatic rings. The maximum absolute atomic E-state index is 13.7. The van der Waals surface area contributed by atoms with Crippen molar-refractivity contribution in [3.05, 3.63) is 91.8 Å². The number of carbonyl (C=O) groups excluding carboxylic acids is 5. The molecule has 20 nitrogen and oxygen atoms in total. The molecule has 22 heteroatoms. The van der Waals surface area contributed by atoms with Crippen LogP contribution in [0, 0.1) is 26.7 Å². The normalized spacial score (nSPS) is 16.8. The van der Waals surface area contributed by atoms with Crippen molar-refractivity contribution in [2.45, 2.75) is 95.5 Å². The molecule has 68 heavy (non-hydrogen) atoms. The maximum Gasteiger partial charge on any atom is 0.277 e. The highest BCUT2D eigenvalue weighted by Gasteiger charge is 2.37. The molecule has 4 N–H and O–H groups in total. The zero-order valence-electron chi connectivity index (χ0n) is 39.5.